The van der Waals surface area contributed by atoms with Gasteiger partial charge in [0.05, 0.1) is 22.5 Å². The molecule has 3 nitrogen and oxygen atoms in total. The molecule has 311 valence electrons. The van der Waals surface area contributed by atoms with Crippen LogP contribution in [0.1, 0.15) is 48.6 Å². The minimum absolute atomic E-state index is 0.0410. The van der Waals surface area contributed by atoms with Crippen molar-refractivity contribution in [2.24, 2.45) is 0 Å². The van der Waals surface area contributed by atoms with Crippen molar-refractivity contribution < 1.29 is 4.42 Å². The summed E-state index contributed by atoms with van der Waals surface area (Å²) in [5, 5.41) is 7.53. The molecule has 0 bridgehead atoms. The number of anilines is 5. The Labute approximate surface area is 388 Å². The molecule has 2 aliphatic heterocycles. The van der Waals surface area contributed by atoms with Gasteiger partial charge in [-0.15, -0.1) is 11.3 Å². The summed E-state index contributed by atoms with van der Waals surface area (Å²) < 4.78 is 9.65. The highest BCUT2D eigenvalue weighted by Gasteiger charge is 2.50. The molecule has 0 saturated heterocycles. The Balaban J connectivity index is 1.12. The molecule has 1 spiro atoms. The molecule has 3 aliphatic rings. The molecule has 4 heterocycles. The lowest BCUT2D eigenvalue weighted by Gasteiger charge is -2.41. The second-order valence-corrected chi connectivity index (χ2v) is 20.1. The maximum Gasteiger partial charge on any atom is 0.212 e. The van der Waals surface area contributed by atoms with E-state index < -0.39 is 5.41 Å². The zero-order valence-corrected chi connectivity index (χ0v) is 37.6. The summed E-state index contributed by atoms with van der Waals surface area (Å²) in [5.41, 5.74) is 21.5. The Morgan fingerprint density at radius 1 is 0.545 bits per heavy atom. The summed E-state index contributed by atoms with van der Waals surface area (Å²) in [4.78, 5) is 2.58. The number of nitrogens with one attached hydrogen (secondary N) is 1. The predicted octanol–water partition coefficient (Wildman–Crippen LogP) is 15.3. The van der Waals surface area contributed by atoms with E-state index in [1.165, 1.54) is 70.6 Å². The standard InChI is InChI=1S/C61H42BN2OS/c1-60(2,3)37-32-33-50(43(34-37)36-18-5-4-6-19-36)64-51-35-44-40-22-9-15-30-52(40)65-58(44)54(55(51)62-59-57(64)41-23-10-16-31-53(41)66-59)42-24-17-28-48-56(42)63-49-29-14-13-27-47(49)61(48)45-25-11-7-20-38(45)39-21-8-12-26-46(39)61/h4-35,63H,1-3H3. The normalized spacial score (nSPS) is 14.0. The third kappa shape index (κ3) is 5.09. The number of hydrogen-bond acceptors (Lipinski definition) is 4. The van der Waals surface area contributed by atoms with Crippen LogP contribution in [0.2, 0.25) is 0 Å². The summed E-state index contributed by atoms with van der Waals surface area (Å²) in [6, 6.07) is 71.8. The minimum atomic E-state index is -0.546. The monoisotopic (exact) mass is 861 g/mol. The highest BCUT2D eigenvalue weighted by molar-refractivity contribution is 7.29. The van der Waals surface area contributed by atoms with Crippen LogP contribution in [0.15, 0.2) is 199 Å². The smallest absolute Gasteiger partial charge is 0.212 e. The molecule has 66 heavy (non-hydrogen) atoms. The minimum Gasteiger partial charge on any atom is -0.455 e. The highest BCUT2D eigenvalue weighted by Crippen LogP contribution is 2.62. The van der Waals surface area contributed by atoms with Crippen LogP contribution in [0.3, 0.4) is 0 Å². The Hall–Kier alpha value is -7.60. The number of rotatable bonds is 3. The van der Waals surface area contributed by atoms with Gasteiger partial charge in [0.1, 0.15) is 11.2 Å². The van der Waals surface area contributed by atoms with Crippen LogP contribution < -0.4 is 20.5 Å². The zero-order valence-electron chi connectivity index (χ0n) is 36.8. The summed E-state index contributed by atoms with van der Waals surface area (Å²) in [6.07, 6.45) is 0. The van der Waals surface area contributed by atoms with Gasteiger partial charge in [0.25, 0.3) is 0 Å². The Kier molecular flexibility index (Phi) is 7.84. The largest absolute Gasteiger partial charge is 0.455 e. The summed E-state index contributed by atoms with van der Waals surface area (Å²) in [5.74, 6) is 0. The first-order valence-electron chi connectivity index (χ1n) is 22.9. The number of thiophene rings is 1. The van der Waals surface area contributed by atoms with Crippen molar-refractivity contribution in [3.63, 3.8) is 0 Å². The quantitative estimate of drug-likeness (QED) is 0.179. The van der Waals surface area contributed by atoms with E-state index in [2.05, 4.69) is 232 Å². The van der Waals surface area contributed by atoms with Crippen LogP contribution in [0.5, 0.6) is 0 Å². The third-order valence-electron chi connectivity index (χ3n) is 14.5. The molecule has 9 aromatic carbocycles. The van der Waals surface area contributed by atoms with E-state index in [4.69, 9.17) is 4.42 Å². The Bertz CT molecular complexity index is 3790. The van der Waals surface area contributed by atoms with Crippen molar-refractivity contribution in [2.75, 3.05) is 10.2 Å². The number of nitrogens with zero attached hydrogens (tertiary/aromatic N) is 1. The van der Waals surface area contributed by atoms with Crippen LogP contribution in [0.25, 0.3) is 65.4 Å². The molecule has 1 radical (unpaired) electrons. The van der Waals surface area contributed by atoms with Gasteiger partial charge in [-0.25, -0.2) is 0 Å². The van der Waals surface area contributed by atoms with Crippen LogP contribution >= 0.6 is 11.3 Å². The van der Waals surface area contributed by atoms with Gasteiger partial charge in [0.2, 0.25) is 7.28 Å². The topological polar surface area (TPSA) is 28.4 Å². The molecule has 0 atom stereocenters. The van der Waals surface area contributed by atoms with E-state index in [-0.39, 0.29) is 5.41 Å². The lowest BCUT2D eigenvalue weighted by atomic mass is 9.61. The predicted molar refractivity (Wildman–Crippen MR) is 279 cm³/mol. The van der Waals surface area contributed by atoms with Crippen molar-refractivity contribution in [3.8, 4) is 33.4 Å². The van der Waals surface area contributed by atoms with Gasteiger partial charge in [-0.3, -0.25) is 0 Å². The van der Waals surface area contributed by atoms with Gasteiger partial charge in [0, 0.05) is 48.9 Å². The second kappa shape index (κ2) is 13.7. The number of para-hydroxylation sites is 3. The SMILES string of the molecule is CC(C)(C)c1ccc(N2c3cc4c(oc5ccccc54)c(-c4cccc5c4Nc4ccccc4C54c5ccccc5-c5ccccc54)c3[B]c3sc4ccccc4c32)c(-c2ccccc2)c1. The molecule has 0 fully saturated rings. The number of furan rings is 1. The van der Waals surface area contributed by atoms with E-state index in [0.717, 1.165) is 61.3 Å². The Morgan fingerprint density at radius 2 is 1.20 bits per heavy atom. The summed E-state index contributed by atoms with van der Waals surface area (Å²) >= 11 is 1.86. The van der Waals surface area contributed by atoms with E-state index in [9.17, 15) is 0 Å². The average molecular weight is 862 g/mol. The molecule has 5 heteroatoms. The van der Waals surface area contributed by atoms with Crippen molar-refractivity contribution in [1.29, 1.82) is 0 Å². The molecule has 0 amide bonds. The van der Waals surface area contributed by atoms with Crippen LogP contribution in [-0.2, 0) is 10.8 Å². The molecule has 0 unspecified atom stereocenters. The van der Waals surface area contributed by atoms with E-state index in [1.807, 2.05) is 11.3 Å². The van der Waals surface area contributed by atoms with E-state index in [0.29, 0.717) is 0 Å². The van der Waals surface area contributed by atoms with Crippen LogP contribution in [0, 0.1) is 0 Å². The third-order valence-corrected chi connectivity index (χ3v) is 15.6. The number of hydrogen-bond donors (Lipinski definition) is 1. The molecule has 0 saturated carbocycles. The lowest BCUT2D eigenvalue weighted by molar-refractivity contribution is 0.590. The van der Waals surface area contributed by atoms with Gasteiger partial charge >= 0.3 is 0 Å². The first-order chi connectivity index (χ1) is 32.4. The average Bonchev–Trinajstić information content (AvgIpc) is 4.01. The fraction of sp³-hybridized carbons (Fsp3) is 0.0820. The molecule has 14 rings (SSSR count). The zero-order chi connectivity index (χ0) is 43.9. The Morgan fingerprint density at radius 3 is 1.98 bits per heavy atom. The van der Waals surface area contributed by atoms with Gasteiger partial charge in [0.15, 0.2) is 0 Å². The van der Waals surface area contributed by atoms with Gasteiger partial charge < -0.3 is 14.6 Å². The van der Waals surface area contributed by atoms with Crippen molar-refractivity contribution >= 4 is 89.3 Å². The molecule has 1 aliphatic carbocycles. The van der Waals surface area contributed by atoms with E-state index in [1.54, 1.807) is 0 Å². The highest BCUT2D eigenvalue weighted by atomic mass is 32.1. The molecule has 1 N–H and O–H groups in total. The molecular weight excluding hydrogens is 820 g/mol. The molecule has 2 aromatic heterocycles. The van der Waals surface area contributed by atoms with Crippen molar-refractivity contribution in [1.82, 2.24) is 0 Å². The van der Waals surface area contributed by atoms with Gasteiger partial charge in [-0.1, -0.05) is 178 Å². The van der Waals surface area contributed by atoms with Crippen molar-refractivity contribution in [3.05, 3.63) is 222 Å². The maximum absolute atomic E-state index is 7.17. The van der Waals surface area contributed by atoms with Gasteiger partial charge in [-0.05, 0) is 96.6 Å². The molecular formula is C61H42BN2OS. The number of fused-ring (bicyclic) bond motifs is 16. The maximum atomic E-state index is 7.17. The molecule has 11 aromatic rings. The van der Waals surface area contributed by atoms with Crippen LogP contribution in [0.4, 0.5) is 28.4 Å². The van der Waals surface area contributed by atoms with E-state index >= 15 is 0 Å². The summed E-state index contributed by atoms with van der Waals surface area (Å²) in [7, 11) is 2.45. The first kappa shape index (κ1) is 37.7. The second-order valence-electron chi connectivity index (χ2n) is 19.0. The fourth-order valence-corrected chi connectivity index (χ4v) is 12.7. The first-order valence-corrected chi connectivity index (χ1v) is 23.7. The fourth-order valence-electron chi connectivity index (χ4n) is 11.6. The van der Waals surface area contributed by atoms with Gasteiger partial charge in [-0.2, -0.15) is 0 Å². The van der Waals surface area contributed by atoms with Crippen LogP contribution in [-0.4, -0.2) is 7.28 Å². The lowest BCUT2D eigenvalue weighted by Crippen LogP contribution is -2.39. The number of benzene rings is 9. The summed E-state index contributed by atoms with van der Waals surface area (Å²) in [6.45, 7) is 6.91. The van der Waals surface area contributed by atoms with Crippen molar-refractivity contribution in [2.45, 2.75) is 31.6 Å².